The highest BCUT2D eigenvalue weighted by Gasteiger charge is 2.10. The maximum Gasteiger partial charge on any atom is 0.119 e. The number of ether oxygens (including phenoxy) is 1. The van der Waals surface area contributed by atoms with Crippen LogP contribution in [0.5, 0.6) is 5.75 Å². The van der Waals surface area contributed by atoms with Crippen molar-refractivity contribution >= 4 is 6.08 Å². The molecule has 2 aliphatic rings. The summed E-state index contributed by atoms with van der Waals surface area (Å²) in [6.45, 7) is 10.2. The van der Waals surface area contributed by atoms with Gasteiger partial charge in [-0.15, -0.1) is 0 Å². The van der Waals surface area contributed by atoms with E-state index in [4.69, 9.17) is 10.5 Å². The maximum atomic E-state index is 5.38. The van der Waals surface area contributed by atoms with E-state index in [9.17, 15) is 0 Å². The van der Waals surface area contributed by atoms with Crippen molar-refractivity contribution < 1.29 is 4.74 Å². The molecule has 1 aromatic rings. The summed E-state index contributed by atoms with van der Waals surface area (Å²) >= 11 is 0. The first-order chi connectivity index (χ1) is 10.2. The van der Waals surface area contributed by atoms with Crippen LogP contribution in [0, 0.1) is 0 Å². The molecule has 0 aromatic heterocycles. The van der Waals surface area contributed by atoms with E-state index in [0.717, 1.165) is 12.2 Å². The smallest absolute Gasteiger partial charge is 0.119 e. The molecule has 1 aromatic carbocycles. The minimum atomic E-state index is 0.565. The summed E-state index contributed by atoms with van der Waals surface area (Å²) in [4.78, 5) is 0. The van der Waals surface area contributed by atoms with Gasteiger partial charge in [0.25, 0.3) is 0 Å². The quantitative estimate of drug-likeness (QED) is 0.771. The SMILES string of the molecule is CC.CC.COc1ccc2c(c1)C=C(C)C2.NC1CCC1. The molecule has 21 heavy (non-hydrogen) atoms. The van der Waals surface area contributed by atoms with Crippen LogP contribution in [0.15, 0.2) is 23.8 Å². The van der Waals surface area contributed by atoms with Crippen LogP contribution in [0.4, 0.5) is 0 Å². The van der Waals surface area contributed by atoms with Crippen LogP contribution in [0.3, 0.4) is 0 Å². The number of hydrogen-bond acceptors (Lipinski definition) is 2. The van der Waals surface area contributed by atoms with E-state index in [-0.39, 0.29) is 0 Å². The fraction of sp³-hybridized carbons (Fsp3) is 0.579. The van der Waals surface area contributed by atoms with Gasteiger partial charge in [-0.2, -0.15) is 0 Å². The number of benzene rings is 1. The van der Waals surface area contributed by atoms with Crippen molar-refractivity contribution in [3.8, 4) is 5.75 Å². The Kier molecular flexibility index (Phi) is 10.7. The number of hydrogen-bond donors (Lipinski definition) is 1. The van der Waals surface area contributed by atoms with Gasteiger partial charge in [-0.25, -0.2) is 0 Å². The summed E-state index contributed by atoms with van der Waals surface area (Å²) in [6.07, 6.45) is 7.21. The summed E-state index contributed by atoms with van der Waals surface area (Å²) in [5, 5.41) is 0. The zero-order valence-corrected chi connectivity index (χ0v) is 14.7. The lowest BCUT2D eigenvalue weighted by atomic mass is 9.95. The summed E-state index contributed by atoms with van der Waals surface area (Å²) < 4.78 is 5.15. The predicted molar refractivity (Wildman–Crippen MR) is 94.9 cm³/mol. The molecule has 0 amide bonds. The van der Waals surface area contributed by atoms with Gasteiger partial charge in [0.2, 0.25) is 0 Å². The first kappa shape index (κ1) is 19.7. The molecule has 0 spiro atoms. The highest BCUT2D eigenvalue weighted by atomic mass is 16.5. The second-order valence-corrected chi connectivity index (χ2v) is 4.92. The van der Waals surface area contributed by atoms with E-state index in [1.54, 1.807) is 7.11 Å². The Balaban J connectivity index is 0.000000372. The van der Waals surface area contributed by atoms with Crippen LogP contribution >= 0.6 is 0 Å². The second-order valence-electron chi connectivity index (χ2n) is 4.92. The highest BCUT2D eigenvalue weighted by Crippen LogP contribution is 2.27. The van der Waals surface area contributed by atoms with Gasteiger partial charge in [0.1, 0.15) is 5.75 Å². The number of allylic oxidation sites excluding steroid dienone is 1. The van der Waals surface area contributed by atoms with E-state index >= 15 is 0 Å². The van der Waals surface area contributed by atoms with E-state index in [1.807, 2.05) is 33.8 Å². The van der Waals surface area contributed by atoms with Gasteiger partial charge in [0.15, 0.2) is 0 Å². The molecule has 1 fully saturated rings. The lowest BCUT2D eigenvalue weighted by molar-refractivity contribution is 0.414. The third-order valence-corrected chi connectivity index (χ3v) is 3.37. The first-order valence-electron chi connectivity index (χ1n) is 8.28. The van der Waals surface area contributed by atoms with Crippen molar-refractivity contribution in [2.45, 2.75) is 66.3 Å². The fourth-order valence-corrected chi connectivity index (χ4v) is 2.05. The summed E-state index contributed by atoms with van der Waals surface area (Å²) in [7, 11) is 1.70. The third-order valence-electron chi connectivity index (χ3n) is 3.37. The largest absolute Gasteiger partial charge is 0.497 e. The topological polar surface area (TPSA) is 35.2 Å². The van der Waals surface area contributed by atoms with Crippen LogP contribution in [0.2, 0.25) is 0 Å². The normalized spacial score (nSPS) is 14.7. The molecular weight excluding hydrogens is 258 g/mol. The number of nitrogens with two attached hydrogens (primary N) is 1. The molecule has 0 heterocycles. The molecule has 2 N–H and O–H groups in total. The zero-order valence-electron chi connectivity index (χ0n) is 14.7. The lowest BCUT2D eigenvalue weighted by Crippen LogP contribution is -2.27. The first-order valence-corrected chi connectivity index (χ1v) is 8.28. The van der Waals surface area contributed by atoms with E-state index in [0.29, 0.717) is 6.04 Å². The third kappa shape index (κ3) is 6.81. The van der Waals surface area contributed by atoms with Gasteiger partial charge >= 0.3 is 0 Å². The minimum absolute atomic E-state index is 0.565. The van der Waals surface area contributed by atoms with E-state index < -0.39 is 0 Å². The van der Waals surface area contributed by atoms with Gasteiger partial charge in [-0.1, -0.05) is 51.8 Å². The minimum Gasteiger partial charge on any atom is -0.497 e. The maximum absolute atomic E-state index is 5.38. The van der Waals surface area contributed by atoms with Gasteiger partial charge in [0, 0.05) is 6.04 Å². The predicted octanol–water partition coefficient (Wildman–Crippen LogP) is 5.20. The number of methoxy groups -OCH3 is 1. The van der Waals surface area contributed by atoms with Crippen molar-refractivity contribution in [2.24, 2.45) is 5.73 Å². The van der Waals surface area contributed by atoms with Crippen LogP contribution in [-0.4, -0.2) is 13.2 Å². The second kappa shape index (κ2) is 11.4. The Morgan fingerprint density at radius 3 is 2.10 bits per heavy atom. The molecular formula is C19H33NO. The summed E-state index contributed by atoms with van der Waals surface area (Å²) in [5.74, 6) is 0.944. The molecule has 1 saturated carbocycles. The van der Waals surface area contributed by atoms with Gasteiger partial charge in [-0.3, -0.25) is 0 Å². The Hall–Kier alpha value is -1.28. The zero-order chi connectivity index (χ0) is 16.3. The van der Waals surface area contributed by atoms with Crippen LogP contribution in [-0.2, 0) is 6.42 Å². The molecule has 2 aliphatic carbocycles. The molecule has 0 atom stereocenters. The highest BCUT2D eigenvalue weighted by molar-refractivity contribution is 5.64. The summed E-state index contributed by atoms with van der Waals surface area (Å²) in [5.41, 5.74) is 9.53. The van der Waals surface area contributed by atoms with Crippen LogP contribution < -0.4 is 10.5 Å². The molecule has 3 rings (SSSR count). The Labute approximate surface area is 131 Å². The van der Waals surface area contributed by atoms with E-state index in [2.05, 4.69) is 25.1 Å². The molecule has 0 saturated heterocycles. The lowest BCUT2D eigenvalue weighted by Gasteiger charge is -2.18. The molecule has 2 heteroatoms. The average Bonchev–Trinajstić information content (AvgIpc) is 2.88. The van der Waals surface area contributed by atoms with Crippen molar-refractivity contribution in [2.75, 3.05) is 7.11 Å². The molecule has 2 nitrogen and oxygen atoms in total. The van der Waals surface area contributed by atoms with Crippen molar-refractivity contribution in [3.63, 3.8) is 0 Å². The van der Waals surface area contributed by atoms with Crippen molar-refractivity contribution in [1.29, 1.82) is 0 Å². The Bertz CT molecular complexity index is 420. The molecule has 120 valence electrons. The summed E-state index contributed by atoms with van der Waals surface area (Å²) in [6, 6.07) is 6.81. The Morgan fingerprint density at radius 2 is 1.67 bits per heavy atom. The molecule has 0 bridgehead atoms. The van der Waals surface area contributed by atoms with Crippen molar-refractivity contribution in [1.82, 2.24) is 0 Å². The monoisotopic (exact) mass is 291 g/mol. The van der Waals surface area contributed by atoms with Gasteiger partial charge < -0.3 is 10.5 Å². The van der Waals surface area contributed by atoms with Gasteiger partial charge in [0.05, 0.1) is 7.11 Å². The number of fused-ring (bicyclic) bond motifs is 1. The molecule has 0 aliphatic heterocycles. The van der Waals surface area contributed by atoms with Gasteiger partial charge in [-0.05, 0) is 49.4 Å². The number of rotatable bonds is 1. The Morgan fingerprint density at radius 1 is 1.10 bits per heavy atom. The van der Waals surface area contributed by atoms with Crippen LogP contribution in [0.25, 0.3) is 6.08 Å². The fourth-order valence-electron chi connectivity index (χ4n) is 2.05. The standard InChI is InChI=1S/C11H12O.C4H9N.2C2H6/c1-8-5-9-3-4-11(12-2)7-10(9)6-8;5-4-2-1-3-4;2*1-2/h3-4,6-7H,5H2,1-2H3;4H,1-3,5H2;2*1-2H3. The van der Waals surface area contributed by atoms with E-state index in [1.165, 1.54) is 36.0 Å². The molecule has 0 unspecified atom stereocenters. The average molecular weight is 291 g/mol. The van der Waals surface area contributed by atoms with Crippen molar-refractivity contribution in [3.05, 3.63) is 34.9 Å². The van der Waals surface area contributed by atoms with Crippen LogP contribution in [0.1, 0.15) is 65.0 Å². The molecule has 0 radical (unpaired) electrons.